The predicted octanol–water partition coefficient (Wildman–Crippen LogP) is 9.84. The Labute approximate surface area is 263 Å². The van der Waals surface area contributed by atoms with Gasteiger partial charge in [-0.2, -0.15) is 0 Å². The first kappa shape index (κ1) is 25.4. The fourth-order valence-corrected chi connectivity index (χ4v) is 7.43. The molecule has 0 atom stereocenters. The highest BCUT2D eigenvalue weighted by Gasteiger charge is 2.20. The van der Waals surface area contributed by atoms with E-state index in [1.165, 1.54) is 27.1 Å². The molecule has 0 aliphatic carbocycles. The first-order valence-electron chi connectivity index (χ1n) is 15.3. The van der Waals surface area contributed by atoms with E-state index in [1.54, 1.807) is 0 Å². The van der Waals surface area contributed by atoms with Gasteiger partial charge in [0, 0.05) is 49.8 Å². The fraction of sp³-hybridized carbons (Fsp3) is 0. The van der Waals surface area contributed by atoms with Crippen molar-refractivity contribution in [2.24, 2.45) is 0 Å². The Hall–Kier alpha value is -5.98. The first-order valence-corrected chi connectivity index (χ1v) is 15.3. The zero-order valence-electron chi connectivity index (χ0n) is 24.5. The second-order valence-electron chi connectivity index (χ2n) is 11.7. The smallest absolute Gasteiger partial charge is 0.535 e. The number of aromatic nitrogens is 2. The third kappa shape index (κ3) is 3.44. The molecule has 0 aliphatic heterocycles. The molecule has 0 saturated heterocycles. The van der Waals surface area contributed by atoms with Crippen molar-refractivity contribution in [1.82, 2.24) is 9.13 Å². The van der Waals surface area contributed by atoms with Gasteiger partial charge in [0.1, 0.15) is 11.3 Å². The monoisotopic (exact) mass is 591 g/mol. The van der Waals surface area contributed by atoms with Crippen molar-refractivity contribution in [3.05, 3.63) is 140 Å². The summed E-state index contributed by atoms with van der Waals surface area (Å²) in [6, 6.07) is 49.0. The summed E-state index contributed by atoms with van der Waals surface area (Å²) in [6.45, 7) is 0. The highest BCUT2D eigenvalue weighted by Crippen LogP contribution is 2.43. The molecule has 3 aromatic heterocycles. The van der Waals surface area contributed by atoms with Crippen LogP contribution in [-0.2, 0) is 0 Å². The van der Waals surface area contributed by atoms with Gasteiger partial charge in [0.05, 0.1) is 22.1 Å². The molecule has 10 rings (SSSR count). The molecule has 0 aliphatic rings. The maximum absolute atomic E-state index is 9.52. The van der Waals surface area contributed by atoms with E-state index in [0.29, 0.717) is 19.0 Å². The van der Waals surface area contributed by atoms with Gasteiger partial charge in [0.2, 0.25) is 0 Å². The molecular weight excluding hydrogens is 567 g/mol. The zero-order valence-corrected chi connectivity index (χ0v) is 24.5. The number of para-hydroxylation sites is 3. The average Bonchev–Trinajstić information content (AvgIpc) is 3.75. The van der Waals surface area contributed by atoms with Crippen molar-refractivity contribution in [2.45, 2.75) is 0 Å². The lowest BCUT2D eigenvalue weighted by Crippen LogP contribution is -1.99. The Balaban J connectivity index is 1.30. The van der Waals surface area contributed by atoms with Crippen LogP contribution in [0.25, 0.3) is 87.7 Å². The molecule has 7 aromatic carbocycles. The third-order valence-corrected chi connectivity index (χ3v) is 9.33. The summed E-state index contributed by atoms with van der Waals surface area (Å²) in [4.78, 5) is 0. The largest absolute Gasteiger partial charge is 0.569 e. The van der Waals surface area contributed by atoms with E-state index in [9.17, 15) is 5.02 Å². The van der Waals surface area contributed by atoms with Crippen LogP contribution in [0.3, 0.4) is 0 Å². The molecule has 0 spiro atoms. The molecule has 3 heterocycles. The van der Waals surface area contributed by atoms with Crippen LogP contribution >= 0.6 is 0 Å². The van der Waals surface area contributed by atoms with Crippen LogP contribution in [0.15, 0.2) is 144 Å². The quantitative estimate of drug-likeness (QED) is 0.207. The van der Waals surface area contributed by atoms with Crippen LogP contribution < -0.4 is 4.65 Å². The summed E-state index contributed by atoms with van der Waals surface area (Å²) in [5.74, 6) is 0.474. The summed E-state index contributed by atoms with van der Waals surface area (Å²) < 4.78 is 16.7. The molecule has 0 unspecified atom stereocenters. The molecule has 0 fully saturated rings. The molecule has 0 saturated carbocycles. The van der Waals surface area contributed by atoms with E-state index in [-0.39, 0.29) is 0 Å². The number of benzene rings is 7. The number of rotatable bonds is 4. The normalized spacial score (nSPS) is 12.0. The van der Waals surface area contributed by atoms with Gasteiger partial charge in [-0.25, -0.2) is 0 Å². The van der Waals surface area contributed by atoms with Gasteiger partial charge in [-0.1, -0.05) is 78.9 Å². The van der Waals surface area contributed by atoms with Crippen molar-refractivity contribution >= 4 is 84.0 Å². The lowest BCUT2D eigenvalue weighted by atomic mass is 10.0. The molecule has 5 nitrogen and oxygen atoms in total. The number of hydrogen-bond donors (Lipinski definition) is 1. The van der Waals surface area contributed by atoms with Crippen molar-refractivity contribution in [3.8, 4) is 17.1 Å². The van der Waals surface area contributed by atoms with Gasteiger partial charge in [-0.05, 0) is 65.4 Å². The second-order valence-corrected chi connectivity index (χ2v) is 11.7. The van der Waals surface area contributed by atoms with Crippen molar-refractivity contribution < 1.29 is 14.1 Å². The SMILES string of the molecule is O[B]Oc1cc2ccccc2c2c1oc1cc(-n3c4ccccc4c4cc5c6ccccc6n(-c6ccccc6)c5cc43)ccc12. The standard InChI is InChI=1S/C40H24BN2O3/c44-41-46-38-20-24-10-4-5-13-27(24)39-30-19-18-26(21-37(30)45-40(38)39)43-34-17-9-7-15-29(34)32-22-31-28-14-6-8-16-33(28)42(35(31)23-36(32)43)25-11-2-1-3-12-25/h1-23,44H. The lowest BCUT2D eigenvalue weighted by Gasteiger charge is -2.10. The van der Waals surface area contributed by atoms with Crippen LogP contribution in [0.1, 0.15) is 0 Å². The topological polar surface area (TPSA) is 52.5 Å². The predicted molar refractivity (Wildman–Crippen MR) is 189 cm³/mol. The minimum Gasteiger partial charge on any atom is -0.535 e. The Morgan fingerprint density at radius 2 is 1.13 bits per heavy atom. The van der Waals surface area contributed by atoms with Crippen LogP contribution in [0.5, 0.6) is 5.75 Å². The van der Waals surface area contributed by atoms with Gasteiger partial charge in [0.25, 0.3) is 0 Å². The number of nitrogens with zero attached hydrogens (tertiary/aromatic N) is 2. The molecule has 1 N–H and O–H groups in total. The van der Waals surface area contributed by atoms with Crippen LogP contribution in [-0.4, -0.2) is 21.8 Å². The number of fused-ring (bicyclic) bond motifs is 11. The van der Waals surface area contributed by atoms with Gasteiger partial charge in [-0.3, -0.25) is 0 Å². The second kappa shape index (κ2) is 9.51. The third-order valence-electron chi connectivity index (χ3n) is 9.33. The maximum atomic E-state index is 9.52. The summed E-state index contributed by atoms with van der Waals surface area (Å²) in [5.41, 5.74) is 8.06. The molecular formula is C40H24BN2O3. The van der Waals surface area contributed by atoms with Crippen molar-refractivity contribution in [2.75, 3.05) is 0 Å². The summed E-state index contributed by atoms with van der Waals surface area (Å²) in [5, 5.41) is 18.4. The van der Waals surface area contributed by atoms with E-state index in [1.807, 2.05) is 24.3 Å². The van der Waals surface area contributed by atoms with Crippen LogP contribution in [0, 0.1) is 0 Å². The van der Waals surface area contributed by atoms with E-state index in [2.05, 4.69) is 124 Å². The highest BCUT2D eigenvalue weighted by molar-refractivity contribution is 6.23. The Kier molecular flexibility index (Phi) is 5.24. The van der Waals surface area contributed by atoms with Crippen LogP contribution in [0.4, 0.5) is 0 Å². The Morgan fingerprint density at radius 1 is 0.500 bits per heavy atom. The van der Waals surface area contributed by atoms with Gasteiger partial charge >= 0.3 is 7.69 Å². The van der Waals surface area contributed by atoms with Crippen LogP contribution in [0.2, 0.25) is 0 Å². The lowest BCUT2D eigenvalue weighted by molar-refractivity contribution is 0.451. The Bertz CT molecular complexity index is 2830. The van der Waals surface area contributed by atoms with E-state index < -0.39 is 0 Å². The summed E-state index contributed by atoms with van der Waals surface area (Å²) in [6.07, 6.45) is 0. The van der Waals surface area contributed by atoms with E-state index in [4.69, 9.17) is 9.07 Å². The number of furan rings is 1. The molecule has 10 aromatic rings. The zero-order chi connectivity index (χ0) is 30.4. The highest BCUT2D eigenvalue weighted by atomic mass is 16.5. The van der Waals surface area contributed by atoms with Gasteiger partial charge < -0.3 is 23.2 Å². The molecule has 46 heavy (non-hydrogen) atoms. The number of hydrogen-bond acceptors (Lipinski definition) is 3. The molecule has 0 bridgehead atoms. The van der Waals surface area contributed by atoms with Gasteiger partial charge in [0.15, 0.2) is 5.58 Å². The Morgan fingerprint density at radius 3 is 1.85 bits per heavy atom. The first-order chi connectivity index (χ1) is 22.8. The van der Waals surface area contributed by atoms with Gasteiger partial charge in [-0.15, -0.1) is 0 Å². The maximum Gasteiger partial charge on any atom is 0.569 e. The molecule has 6 heteroatoms. The summed E-state index contributed by atoms with van der Waals surface area (Å²) >= 11 is 0. The molecule has 0 amide bonds. The van der Waals surface area contributed by atoms with Crippen molar-refractivity contribution in [1.29, 1.82) is 0 Å². The molecule has 215 valence electrons. The van der Waals surface area contributed by atoms with E-state index in [0.717, 1.165) is 55.1 Å². The minimum absolute atomic E-state index is 0.474. The average molecular weight is 591 g/mol. The van der Waals surface area contributed by atoms with Crippen molar-refractivity contribution in [3.63, 3.8) is 0 Å². The minimum atomic E-state index is 0.474. The molecule has 1 radical (unpaired) electrons. The fourth-order valence-electron chi connectivity index (χ4n) is 7.43. The van der Waals surface area contributed by atoms with E-state index >= 15 is 0 Å². The summed E-state index contributed by atoms with van der Waals surface area (Å²) in [7, 11) is 0.704.